The van der Waals surface area contributed by atoms with Gasteiger partial charge in [0.25, 0.3) is 0 Å². The first-order valence-corrected chi connectivity index (χ1v) is 10.7. The van der Waals surface area contributed by atoms with Crippen LogP contribution in [0.25, 0.3) is 11.3 Å². The summed E-state index contributed by atoms with van der Waals surface area (Å²) in [7, 11) is 1.69. The summed E-state index contributed by atoms with van der Waals surface area (Å²) in [5.41, 5.74) is 3.34. The van der Waals surface area contributed by atoms with Crippen LogP contribution < -0.4 is 14.2 Å². The lowest BCUT2D eigenvalue weighted by molar-refractivity contribution is -0.0821. The van der Waals surface area contributed by atoms with Gasteiger partial charge < -0.3 is 23.5 Å². The maximum absolute atomic E-state index is 6.39. The maximum atomic E-state index is 6.39. The number of imidazole rings is 1. The average Bonchev–Trinajstić information content (AvgIpc) is 3.52. The number of hydrogen-bond acceptors (Lipinski definition) is 6. The summed E-state index contributed by atoms with van der Waals surface area (Å²) < 4.78 is 25.0. The molecule has 31 heavy (non-hydrogen) atoms. The first-order valence-electron chi connectivity index (χ1n) is 10.7. The van der Waals surface area contributed by atoms with E-state index in [2.05, 4.69) is 38.7 Å². The van der Waals surface area contributed by atoms with Crippen LogP contribution in [0.15, 0.2) is 48.7 Å². The van der Waals surface area contributed by atoms with E-state index in [1.165, 1.54) is 5.56 Å². The number of aromatic nitrogens is 2. The minimum absolute atomic E-state index is 0.175. The Labute approximate surface area is 181 Å². The molecule has 1 spiro atoms. The highest BCUT2D eigenvalue weighted by Gasteiger charge is 2.43. The molecule has 3 aliphatic heterocycles. The fourth-order valence-electron chi connectivity index (χ4n) is 4.86. The number of nitrogens with zero attached hydrogens (tertiary/aromatic N) is 3. The molecule has 7 nitrogen and oxygen atoms in total. The molecule has 7 heteroatoms. The van der Waals surface area contributed by atoms with Crippen molar-refractivity contribution in [3.05, 3.63) is 60.0 Å². The average molecular weight is 419 g/mol. The zero-order valence-corrected chi connectivity index (χ0v) is 17.5. The van der Waals surface area contributed by atoms with E-state index >= 15 is 0 Å². The molecule has 4 heterocycles. The molecule has 1 aromatic heterocycles. The second kappa shape index (κ2) is 7.28. The van der Waals surface area contributed by atoms with Crippen LogP contribution in [-0.4, -0.2) is 47.0 Å². The van der Waals surface area contributed by atoms with E-state index in [1.54, 1.807) is 7.11 Å². The number of likely N-dealkylation sites (tertiary alicyclic amines) is 1. The summed E-state index contributed by atoms with van der Waals surface area (Å²) in [4.78, 5) is 7.08. The van der Waals surface area contributed by atoms with Crippen LogP contribution in [0.3, 0.4) is 0 Å². The summed E-state index contributed by atoms with van der Waals surface area (Å²) in [5.74, 6) is 3.52. The third-order valence-electron chi connectivity index (χ3n) is 6.52. The van der Waals surface area contributed by atoms with Crippen molar-refractivity contribution in [1.29, 1.82) is 0 Å². The van der Waals surface area contributed by atoms with Crippen LogP contribution in [0.2, 0.25) is 0 Å². The van der Waals surface area contributed by atoms with E-state index in [1.807, 2.05) is 24.4 Å². The van der Waals surface area contributed by atoms with Gasteiger partial charge in [-0.05, 0) is 48.4 Å². The number of fused-ring (bicyclic) bond motifs is 2. The molecule has 1 fully saturated rings. The van der Waals surface area contributed by atoms with Crippen molar-refractivity contribution in [2.75, 3.05) is 27.0 Å². The van der Waals surface area contributed by atoms with Gasteiger partial charge in [0.15, 0.2) is 11.5 Å². The predicted molar refractivity (Wildman–Crippen MR) is 114 cm³/mol. The molecule has 160 valence electrons. The minimum Gasteiger partial charge on any atom is -0.497 e. The Hall–Kier alpha value is -3.03. The van der Waals surface area contributed by atoms with Gasteiger partial charge in [0.1, 0.15) is 23.8 Å². The summed E-state index contributed by atoms with van der Waals surface area (Å²) >= 11 is 0. The lowest BCUT2D eigenvalue weighted by Gasteiger charge is -2.35. The second-order valence-electron chi connectivity index (χ2n) is 8.49. The van der Waals surface area contributed by atoms with E-state index < -0.39 is 0 Å². The van der Waals surface area contributed by atoms with Gasteiger partial charge in [0.05, 0.1) is 25.5 Å². The normalized spacial score (nSPS) is 22.1. The molecule has 1 atom stereocenters. The molecule has 6 rings (SSSR count). The van der Waals surface area contributed by atoms with E-state index in [0.29, 0.717) is 13.4 Å². The number of benzene rings is 2. The molecule has 0 N–H and O–H groups in total. The summed E-state index contributed by atoms with van der Waals surface area (Å²) in [5, 5.41) is 0. The molecule has 0 saturated carbocycles. The quantitative estimate of drug-likeness (QED) is 0.646. The van der Waals surface area contributed by atoms with Gasteiger partial charge in [-0.15, -0.1) is 0 Å². The largest absolute Gasteiger partial charge is 0.497 e. The van der Waals surface area contributed by atoms with E-state index in [9.17, 15) is 0 Å². The van der Waals surface area contributed by atoms with Crippen molar-refractivity contribution in [3.8, 4) is 28.5 Å². The van der Waals surface area contributed by atoms with Crippen LogP contribution in [0.1, 0.15) is 17.8 Å². The molecule has 1 saturated heterocycles. The lowest BCUT2D eigenvalue weighted by Crippen LogP contribution is -2.44. The van der Waals surface area contributed by atoms with Crippen molar-refractivity contribution >= 4 is 0 Å². The Morgan fingerprint density at radius 1 is 1.06 bits per heavy atom. The molecule has 0 radical (unpaired) electrons. The zero-order chi connectivity index (χ0) is 20.8. The molecule has 0 amide bonds. The van der Waals surface area contributed by atoms with Crippen LogP contribution in [-0.2, 0) is 24.4 Å². The van der Waals surface area contributed by atoms with Crippen molar-refractivity contribution < 1.29 is 18.9 Å². The Morgan fingerprint density at radius 2 is 1.94 bits per heavy atom. The van der Waals surface area contributed by atoms with Gasteiger partial charge in [0.2, 0.25) is 6.79 Å². The minimum atomic E-state index is -0.175. The van der Waals surface area contributed by atoms with Gasteiger partial charge in [-0.25, -0.2) is 4.98 Å². The highest BCUT2D eigenvalue weighted by Crippen LogP contribution is 2.37. The molecule has 0 aliphatic carbocycles. The van der Waals surface area contributed by atoms with E-state index in [-0.39, 0.29) is 5.60 Å². The molecule has 0 unspecified atom stereocenters. The molecular formula is C24H25N3O4. The second-order valence-corrected chi connectivity index (χ2v) is 8.49. The monoisotopic (exact) mass is 419 g/mol. The SMILES string of the molecule is COc1ccc(-c2cnc3n2C[C@]2(CCN(Cc4ccc5c(c4)OCO5)C2)OC3)cc1. The molecule has 3 aliphatic rings. The van der Waals surface area contributed by atoms with Gasteiger partial charge >= 0.3 is 0 Å². The smallest absolute Gasteiger partial charge is 0.231 e. The van der Waals surface area contributed by atoms with Gasteiger partial charge in [-0.3, -0.25) is 4.90 Å². The van der Waals surface area contributed by atoms with Gasteiger partial charge in [-0.2, -0.15) is 0 Å². The summed E-state index contributed by atoms with van der Waals surface area (Å²) in [6.45, 7) is 4.47. The van der Waals surface area contributed by atoms with Crippen LogP contribution >= 0.6 is 0 Å². The topological polar surface area (TPSA) is 58.0 Å². The molecule has 2 aromatic carbocycles. The fourth-order valence-corrected chi connectivity index (χ4v) is 4.86. The van der Waals surface area contributed by atoms with Crippen molar-refractivity contribution in [1.82, 2.24) is 14.5 Å². The summed E-state index contributed by atoms with van der Waals surface area (Å²) in [6.07, 6.45) is 2.97. The Kier molecular flexibility index (Phi) is 4.40. The van der Waals surface area contributed by atoms with Crippen molar-refractivity contribution in [2.24, 2.45) is 0 Å². The Balaban J connectivity index is 1.19. The summed E-state index contributed by atoms with van der Waals surface area (Å²) in [6, 6.07) is 14.4. The fraction of sp³-hybridized carbons (Fsp3) is 0.375. The van der Waals surface area contributed by atoms with Gasteiger partial charge in [-0.1, -0.05) is 6.07 Å². The van der Waals surface area contributed by atoms with Crippen molar-refractivity contribution in [2.45, 2.75) is 31.7 Å². The molecule has 0 bridgehead atoms. The Morgan fingerprint density at radius 3 is 2.81 bits per heavy atom. The molecule has 3 aromatic rings. The zero-order valence-electron chi connectivity index (χ0n) is 17.5. The molecular weight excluding hydrogens is 394 g/mol. The lowest BCUT2D eigenvalue weighted by atomic mass is 10.0. The first kappa shape index (κ1) is 18.7. The predicted octanol–water partition coefficient (Wildman–Crippen LogP) is 3.46. The third-order valence-corrected chi connectivity index (χ3v) is 6.52. The third kappa shape index (κ3) is 3.34. The standard InChI is InChI=1S/C24H25N3O4/c1-28-19-5-3-18(4-6-19)20-11-25-23-13-31-24(15-27(20)23)8-9-26(14-24)12-17-2-7-21-22(10-17)30-16-29-21/h2-7,10-11H,8-9,12-16H2,1H3/t24-/m1/s1. The number of hydrogen-bond donors (Lipinski definition) is 0. The number of ether oxygens (including phenoxy) is 4. The number of methoxy groups -OCH3 is 1. The van der Waals surface area contributed by atoms with E-state index in [0.717, 1.165) is 66.9 Å². The first-order chi connectivity index (χ1) is 15.2. The van der Waals surface area contributed by atoms with Crippen LogP contribution in [0.5, 0.6) is 17.2 Å². The van der Waals surface area contributed by atoms with Gasteiger partial charge in [0, 0.05) is 25.2 Å². The highest BCUT2D eigenvalue weighted by atomic mass is 16.7. The maximum Gasteiger partial charge on any atom is 0.231 e. The van der Waals surface area contributed by atoms with Crippen LogP contribution in [0.4, 0.5) is 0 Å². The van der Waals surface area contributed by atoms with Crippen molar-refractivity contribution in [3.63, 3.8) is 0 Å². The Bertz CT molecular complexity index is 1110. The number of rotatable bonds is 4. The van der Waals surface area contributed by atoms with Crippen LogP contribution in [0, 0.1) is 0 Å². The van der Waals surface area contributed by atoms with E-state index in [4.69, 9.17) is 18.9 Å². The highest BCUT2D eigenvalue weighted by molar-refractivity contribution is 5.60.